The van der Waals surface area contributed by atoms with Gasteiger partial charge in [-0.1, -0.05) is 54.5 Å². The summed E-state index contributed by atoms with van der Waals surface area (Å²) in [6.45, 7) is 2.34. The van der Waals surface area contributed by atoms with Gasteiger partial charge in [-0.25, -0.2) is 9.59 Å². The second-order valence-electron chi connectivity index (χ2n) is 6.66. The summed E-state index contributed by atoms with van der Waals surface area (Å²) in [5.41, 5.74) is 2.87. The molecule has 0 saturated carbocycles. The van der Waals surface area contributed by atoms with Gasteiger partial charge in [0.2, 0.25) is 0 Å². The highest BCUT2D eigenvalue weighted by atomic mass is 16.7. The zero-order chi connectivity index (χ0) is 20.9. The van der Waals surface area contributed by atoms with E-state index in [2.05, 4.69) is 5.16 Å². The van der Waals surface area contributed by atoms with Crippen LogP contribution in [0.25, 0.3) is 17.4 Å². The second kappa shape index (κ2) is 8.61. The zero-order valence-corrected chi connectivity index (χ0v) is 16.3. The Balaban J connectivity index is 1.55. The molecule has 2 heterocycles. The Morgan fingerprint density at radius 1 is 1.00 bits per heavy atom. The molecule has 4 rings (SSSR count). The summed E-state index contributed by atoms with van der Waals surface area (Å²) < 4.78 is 11.0. The van der Waals surface area contributed by atoms with Gasteiger partial charge in [0.25, 0.3) is 0 Å². The maximum atomic E-state index is 12.1. The van der Waals surface area contributed by atoms with Crippen LogP contribution in [0.1, 0.15) is 35.0 Å². The molecule has 150 valence electrons. The van der Waals surface area contributed by atoms with Crippen molar-refractivity contribution >= 4 is 23.7 Å². The second-order valence-corrected chi connectivity index (χ2v) is 6.66. The Hall–Kier alpha value is -3.93. The first kappa shape index (κ1) is 19.4. The van der Waals surface area contributed by atoms with Crippen molar-refractivity contribution in [3.63, 3.8) is 0 Å². The number of oxime groups is 1. The third kappa shape index (κ3) is 4.07. The highest BCUT2D eigenvalue weighted by Gasteiger charge is 2.27. The molecule has 3 aromatic rings. The number of hydrogen-bond donors (Lipinski definition) is 0. The van der Waals surface area contributed by atoms with E-state index in [0.29, 0.717) is 35.0 Å². The van der Waals surface area contributed by atoms with Gasteiger partial charge in [0.15, 0.2) is 0 Å². The first-order valence-corrected chi connectivity index (χ1v) is 9.60. The van der Waals surface area contributed by atoms with Gasteiger partial charge in [-0.05, 0) is 36.8 Å². The van der Waals surface area contributed by atoms with Crippen LogP contribution in [-0.4, -0.2) is 24.3 Å². The van der Waals surface area contributed by atoms with Crippen molar-refractivity contribution in [1.29, 1.82) is 0 Å². The smallest absolute Gasteiger partial charge is 0.368 e. The Kier molecular flexibility index (Phi) is 5.57. The van der Waals surface area contributed by atoms with Crippen molar-refractivity contribution in [1.82, 2.24) is 0 Å². The van der Waals surface area contributed by atoms with Gasteiger partial charge >= 0.3 is 11.9 Å². The summed E-state index contributed by atoms with van der Waals surface area (Å²) in [5.74, 6) is 0.233. The molecular formula is C24H19NO5. The minimum atomic E-state index is -0.526. The quantitative estimate of drug-likeness (QED) is 0.335. The van der Waals surface area contributed by atoms with Gasteiger partial charge < -0.3 is 14.0 Å². The average Bonchev–Trinajstić information content (AvgIpc) is 3.40. The van der Waals surface area contributed by atoms with Crippen LogP contribution >= 0.6 is 0 Å². The standard InChI is InChI=1S/C24H19NO5/c1-2-14-28-23(26)18-10-8-16(9-11-18)21-13-12-19(29-21)15-20-22(25-30-24(20)27)17-6-4-3-5-7-17/h3-13,15H,2,14H2,1H3. The third-order valence-electron chi connectivity index (χ3n) is 4.50. The molecule has 0 saturated heterocycles. The van der Waals surface area contributed by atoms with Gasteiger partial charge in [-0.3, -0.25) is 0 Å². The number of nitrogens with zero attached hydrogens (tertiary/aromatic N) is 1. The van der Waals surface area contributed by atoms with Crippen molar-refractivity contribution in [3.8, 4) is 11.3 Å². The minimum Gasteiger partial charge on any atom is -0.462 e. The van der Waals surface area contributed by atoms with Crippen LogP contribution in [0.15, 0.2) is 81.9 Å². The summed E-state index contributed by atoms with van der Waals surface area (Å²) >= 11 is 0. The molecule has 0 atom stereocenters. The normalized spacial score (nSPS) is 14.5. The van der Waals surface area contributed by atoms with Crippen molar-refractivity contribution in [2.75, 3.05) is 6.61 Å². The molecule has 1 aliphatic heterocycles. The van der Waals surface area contributed by atoms with E-state index in [1.165, 1.54) is 0 Å². The van der Waals surface area contributed by atoms with Crippen molar-refractivity contribution in [2.45, 2.75) is 13.3 Å². The van der Waals surface area contributed by atoms with E-state index in [9.17, 15) is 9.59 Å². The Labute approximate surface area is 173 Å². The molecule has 0 N–H and O–H groups in total. The van der Waals surface area contributed by atoms with E-state index < -0.39 is 5.97 Å². The Morgan fingerprint density at radius 2 is 1.77 bits per heavy atom. The molecule has 6 nitrogen and oxygen atoms in total. The highest BCUT2D eigenvalue weighted by molar-refractivity contribution is 6.31. The molecule has 0 fully saturated rings. The largest absolute Gasteiger partial charge is 0.462 e. The molecule has 0 bridgehead atoms. The van der Waals surface area contributed by atoms with Gasteiger partial charge in [0.05, 0.1) is 17.7 Å². The fourth-order valence-electron chi connectivity index (χ4n) is 2.99. The lowest BCUT2D eigenvalue weighted by Crippen LogP contribution is -2.06. The van der Waals surface area contributed by atoms with Crippen LogP contribution in [-0.2, 0) is 14.4 Å². The van der Waals surface area contributed by atoms with Crippen molar-refractivity contribution in [3.05, 3.63) is 89.2 Å². The van der Waals surface area contributed by atoms with Gasteiger partial charge in [0.1, 0.15) is 17.2 Å². The average molecular weight is 401 g/mol. The fraction of sp³-hybridized carbons (Fsp3) is 0.125. The van der Waals surface area contributed by atoms with E-state index in [1.807, 2.05) is 37.3 Å². The summed E-state index contributed by atoms with van der Waals surface area (Å²) in [5, 5.41) is 3.89. The van der Waals surface area contributed by atoms with Crippen LogP contribution in [0.3, 0.4) is 0 Å². The molecule has 2 aromatic carbocycles. The third-order valence-corrected chi connectivity index (χ3v) is 4.50. The Morgan fingerprint density at radius 3 is 2.50 bits per heavy atom. The zero-order valence-electron chi connectivity index (χ0n) is 16.3. The number of furan rings is 1. The molecular weight excluding hydrogens is 382 g/mol. The maximum absolute atomic E-state index is 12.1. The predicted octanol–water partition coefficient (Wildman–Crippen LogP) is 4.86. The lowest BCUT2D eigenvalue weighted by atomic mass is 10.0. The number of carbonyl (C=O) groups excluding carboxylic acids is 2. The fourth-order valence-corrected chi connectivity index (χ4v) is 2.99. The number of hydrogen-bond acceptors (Lipinski definition) is 6. The molecule has 0 radical (unpaired) electrons. The number of esters is 1. The first-order chi connectivity index (χ1) is 14.7. The summed E-state index contributed by atoms with van der Waals surface area (Å²) in [6, 6.07) is 19.9. The summed E-state index contributed by atoms with van der Waals surface area (Å²) in [7, 11) is 0. The van der Waals surface area contributed by atoms with Crippen LogP contribution in [0, 0.1) is 0 Å². The lowest BCUT2D eigenvalue weighted by molar-refractivity contribution is -0.136. The predicted molar refractivity (Wildman–Crippen MR) is 112 cm³/mol. The number of rotatable bonds is 6. The molecule has 30 heavy (non-hydrogen) atoms. The Bertz CT molecular complexity index is 1120. The monoisotopic (exact) mass is 401 g/mol. The molecule has 0 aliphatic carbocycles. The molecule has 0 spiro atoms. The van der Waals surface area contributed by atoms with Crippen molar-refractivity contribution in [2.24, 2.45) is 5.16 Å². The van der Waals surface area contributed by atoms with Crippen LogP contribution in [0.4, 0.5) is 0 Å². The molecule has 0 unspecified atom stereocenters. The first-order valence-electron chi connectivity index (χ1n) is 9.60. The van der Waals surface area contributed by atoms with Crippen molar-refractivity contribution < 1.29 is 23.6 Å². The molecule has 1 aliphatic rings. The minimum absolute atomic E-state index is 0.330. The molecule has 6 heteroatoms. The van der Waals surface area contributed by atoms with E-state index in [-0.39, 0.29) is 5.97 Å². The van der Waals surface area contributed by atoms with E-state index in [4.69, 9.17) is 14.0 Å². The summed E-state index contributed by atoms with van der Waals surface area (Å²) in [4.78, 5) is 28.9. The number of benzene rings is 2. The van der Waals surface area contributed by atoms with Gasteiger partial charge in [-0.2, -0.15) is 0 Å². The highest BCUT2D eigenvalue weighted by Crippen LogP contribution is 2.26. The number of ether oxygens (including phenoxy) is 1. The topological polar surface area (TPSA) is 78.1 Å². The molecule has 0 amide bonds. The van der Waals surface area contributed by atoms with Gasteiger partial charge in [-0.15, -0.1) is 0 Å². The summed E-state index contributed by atoms with van der Waals surface area (Å²) in [6.07, 6.45) is 2.39. The van der Waals surface area contributed by atoms with E-state index >= 15 is 0 Å². The van der Waals surface area contributed by atoms with E-state index in [1.54, 1.807) is 42.5 Å². The SMILES string of the molecule is CCCOC(=O)c1ccc(-c2ccc(C=C3C(=O)ON=C3c3ccccc3)o2)cc1. The van der Waals surface area contributed by atoms with Gasteiger partial charge in [0, 0.05) is 11.1 Å². The molecule has 1 aromatic heterocycles. The van der Waals surface area contributed by atoms with E-state index in [0.717, 1.165) is 17.5 Å². The van der Waals surface area contributed by atoms with Crippen LogP contribution in [0.5, 0.6) is 0 Å². The number of carbonyl (C=O) groups is 2. The van der Waals surface area contributed by atoms with Crippen LogP contribution < -0.4 is 0 Å². The van der Waals surface area contributed by atoms with Crippen LogP contribution in [0.2, 0.25) is 0 Å². The maximum Gasteiger partial charge on any atom is 0.368 e. The lowest BCUT2D eigenvalue weighted by Gasteiger charge is -2.03.